The molecule has 0 spiro atoms. The summed E-state index contributed by atoms with van der Waals surface area (Å²) in [6.45, 7) is 1.94. The molecule has 1 aromatic heterocycles. The van der Waals surface area contributed by atoms with Crippen molar-refractivity contribution in [1.82, 2.24) is 5.32 Å². The summed E-state index contributed by atoms with van der Waals surface area (Å²) in [5.41, 5.74) is 0. The summed E-state index contributed by atoms with van der Waals surface area (Å²) in [4.78, 5) is 1.11. The van der Waals surface area contributed by atoms with E-state index in [1.807, 2.05) is 6.07 Å². The van der Waals surface area contributed by atoms with E-state index >= 15 is 0 Å². The minimum absolute atomic E-state index is 0.263. The standard InChI is InChI=1S/C8H12N2O2S2/c9-14(11,12)8-2-1-7(13-8)6-3-4-10-5-6/h1-2,6,10H,3-5H2,(H2,9,11,12). The van der Waals surface area contributed by atoms with Gasteiger partial charge in [-0.1, -0.05) is 0 Å². The van der Waals surface area contributed by atoms with Crippen LogP contribution in [0.3, 0.4) is 0 Å². The van der Waals surface area contributed by atoms with Gasteiger partial charge in [0.1, 0.15) is 4.21 Å². The van der Waals surface area contributed by atoms with E-state index in [0.29, 0.717) is 5.92 Å². The van der Waals surface area contributed by atoms with Crippen LogP contribution in [0, 0.1) is 0 Å². The van der Waals surface area contributed by atoms with Gasteiger partial charge in [0.05, 0.1) is 0 Å². The average Bonchev–Trinajstić information content (AvgIpc) is 2.73. The molecular formula is C8H12N2O2S2. The lowest BCUT2D eigenvalue weighted by Gasteiger charge is -2.02. The molecule has 3 N–H and O–H groups in total. The van der Waals surface area contributed by atoms with Crippen LogP contribution in [0.15, 0.2) is 16.3 Å². The van der Waals surface area contributed by atoms with Gasteiger partial charge in [-0.25, -0.2) is 13.6 Å². The number of primary sulfonamides is 1. The Bertz CT molecular complexity index is 418. The Morgan fingerprint density at radius 2 is 2.29 bits per heavy atom. The molecule has 0 radical (unpaired) electrons. The van der Waals surface area contributed by atoms with Crippen molar-refractivity contribution in [3.05, 3.63) is 17.0 Å². The number of nitrogens with one attached hydrogen (secondary N) is 1. The number of sulfonamides is 1. The van der Waals surface area contributed by atoms with Gasteiger partial charge in [0, 0.05) is 17.3 Å². The molecule has 2 heterocycles. The number of hydrogen-bond acceptors (Lipinski definition) is 4. The fraction of sp³-hybridized carbons (Fsp3) is 0.500. The maximum Gasteiger partial charge on any atom is 0.247 e. The van der Waals surface area contributed by atoms with Crippen molar-refractivity contribution in [3.8, 4) is 0 Å². The van der Waals surface area contributed by atoms with E-state index in [9.17, 15) is 8.42 Å². The lowest BCUT2D eigenvalue weighted by Crippen LogP contribution is -2.10. The SMILES string of the molecule is NS(=O)(=O)c1ccc(C2CCNC2)s1. The van der Waals surface area contributed by atoms with E-state index in [0.717, 1.165) is 24.4 Å². The van der Waals surface area contributed by atoms with Crippen molar-refractivity contribution in [3.63, 3.8) is 0 Å². The lowest BCUT2D eigenvalue weighted by atomic mass is 10.1. The van der Waals surface area contributed by atoms with Crippen LogP contribution in [0.5, 0.6) is 0 Å². The lowest BCUT2D eigenvalue weighted by molar-refractivity contribution is 0.600. The monoisotopic (exact) mass is 232 g/mol. The van der Waals surface area contributed by atoms with Crippen molar-refractivity contribution in [2.24, 2.45) is 5.14 Å². The summed E-state index contributed by atoms with van der Waals surface area (Å²) in [6, 6.07) is 3.45. The van der Waals surface area contributed by atoms with Crippen LogP contribution in [-0.2, 0) is 10.0 Å². The summed E-state index contributed by atoms with van der Waals surface area (Å²) in [5.74, 6) is 0.454. The third-order valence-corrected chi connectivity index (χ3v) is 5.03. The first kappa shape index (κ1) is 10.1. The van der Waals surface area contributed by atoms with Crippen LogP contribution >= 0.6 is 11.3 Å². The van der Waals surface area contributed by atoms with Crippen molar-refractivity contribution < 1.29 is 8.42 Å². The molecule has 4 nitrogen and oxygen atoms in total. The Morgan fingerprint density at radius 3 is 2.79 bits per heavy atom. The Morgan fingerprint density at radius 1 is 1.50 bits per heavy atom. The van der Waals surface area contributed by atoms with E-state index in [1.165, 1.54) is 11.3 Å². The third-order valence-electron chi connectivity index (χ3n) is 2.35. The molecule has 0 aromatic carbocycles. The zero-order valence-corrected chi connectivity index (χ0v) is 9.20. The maximum atomic E-state index is 11.0. The summed E-state index contributed by atoms with van der Waals surface area (Å²) in [6.07, 6.45) is 1.07. The Hall–Kier alpha value is -0.430. The number of thiophene rings is 1. The highest BCUT2D eigenvalue weighted by molar-refractivity contribution is 7.91. The van der Waals surface area contributed by atoms with E-state index in [1.54, 1.807) is 6.07 Å². The number of hydrogen-bond donors (Lipinski definition) is 2. The van der Waals surface area contributed by atoms with Gasteiger partial charge < -0.3 is 5.32 Å². The summed E-state index contributed by atoms with van der Waals surface area (Å²) < 4.78 is 22.3. The predicted molar refractivity (Wildman–Crippen MR) is 55.9 cm³/mol. The second-order valence-electron chi connectivity index (χ2n) is 3.39. The zero-order valence-electron chi connectivity index (χ0n) is 7.56. The van der Waals surface area contributed by atoms with Crippen molar-refractivity contribution in [2.75, 3.05) is 13.1 Å². The highest BCUT2D eigenvalue weighted by Crippen LogP contribution is 2.30. The van der Waals surface area contributed by atoms with E-state index in [2.05, 4.69) is 5.32 Å². The maximum absolute atomic E-state index is 11.0. The summed E-state index contributed by atoms with van der Waals surface area (Å²) in [7, 11) is -3.51. The molecule has 0 bridgehead atoms. The predicted octanol–water partition coefficient (Wildman–Crippen LogP) is 0.472. The van der Waals surface area contributed by atoms with E-state index in [4.69, 9.17) is 5.14 Å². The molecule has 1 aliphatic rings. The molecule has 0 saturated carbocycles. The Balaban J connectivity index is 2.25. The highest BCUT2D eigenvalue weighted by atomic mass is 32.2. The van der Waals surface area contributed by atoms with Gasteiger partial charge in [-0.2, -0.15) is 0 Å². The van der Waals surface area contributed by atoms with Gasteiger partial charge in [0.15, 0.2) is 0 Å². The minimum atomic E-state index is -3.51. The van der Waals surface area contributed by atoms with Crippen molar-refractivity contribution in [1.29, 1.82) is 0 Å². The molecule has 1 aromatic rings. The van der Waals surface area contributed by atoms with Gasteiger partial charge in [-0.15, -0.1) is 11.3 Å². The Labute approximate surface area is 87.2 Å². The first-order chi connectivity index (χ1) is 6.57. The summed E-state index contributed by atoms with van der Waals surface area (Å²) in [5, 5.41) is 8.28. The first-order valence-corrected chi connectivity index (χ1v) is 6.77. The molecule has 1 atom stereocenters. The van der Waals surface area contributed by atoms with E-state index < -0.39 is 10.0 Å². The second kappa shape index (κ2) is 3.62. The van der Waals surface area contributed by atoms with Gasteiger partial charge in [-0.3, -0.25) is 0 Å². The van der Waals surface area contributed by atoms with Crippen LogP contribution in [0.25, 0.3) is 0 Å². The average molecular weight is 232 g/mol. The van der Waals surface area contributed by atoms with Crippen LogP contribution < -0.4 is 10.5 Å². The summed E-state index contributed by atoms with van der Waals surface area (Å²) >= 11 is 1.28. The largest absolute Gasteiger partial charge is 0.316 e. The quantitative estimate of drug-likeness (QED) is 0.778. The minimum Gasteiger partial charge on any atom is -0.316 e. The van der Waals surface area contributed by atoms with Gasteiger partial charge >= 0.3 is 0 Å². The third kappa shape index (κ3) is 1.98. The van der Waals surface area contributed by atoms with Gasteiger partial charge in [0.2, 0.25) is 10.0 Å². The molecule has 1 fully saturated rings. The highest BCUT2D eigenvalue weighted by Gasteiger charge is 2.20. The molecule has 0 aliphatic carbocycles. The number of rotatable bonds is 2. The molecule has 1 unspecified atom stereocenters. The zero-order chi connectivity index (χ0) is 10.2. The topological polar surface area (TPSA) is 72.2 Å². The molecule has 6 heteroatoms. The van der Waals surface area contributed by atoms with Gasteiger partial charge in [0.25, 0.3) is 0 Å². The molecule has 1 saturated heterocycles. The Kier molecular flexibility index (Phi) is 2.61. The van der Waals surface area contributed by atoms with E-state index in [-0.39, 0.29) is 4.21 Å². The van der Waals surface area contributed by atoms with Crippen LogP contribution in [0.2, 0.25) is 0 Å². The molecule has 78 valence electrons. The number of nitrogens with two attached hydrogens (primary N) is 1. The molecule has 2 rings (SSSR count). The molecule has 0 amide bonds. The van der Waals surface area contributed by atoms with Crippen LogP contribution in [0.1, 0.15) is 17.2 Å². The normalized spacial score (nSPS) is 22.8. The molecule has 1 aliphatic heterocycles. The fourth-order valence-corrected chi connectivity index (χ4v) is 3.49. The second-order valence-corrected chi connectivity index (χ2v) is 6.30. The first-order valence-electron chi connectivity index (χ1n) is 4.40. The smallest absolute Gasteiger partial charge is 0.247 e. The molecular weight excluding hydrogens is 220 g/mol. The molecule has 14 heavy (non-hydrogen) atoms. The van der Waals surface area contributed by atoms with Crippen molar-refractivity contribution in [2.45, 2.75) is 16.5 Å². The van der Waals surface area contributed by atoms with Gasteiger partial charge in [-0.05, 0) is 25.1 Å². The fourth-order valence-electron chi connectivity index (χ4n) is 1.60. The van der Waals surface area contributed by atoms with Crippen LogP contribution in [-0.4, -0.2) is 21.5 Å². The van der Waals surface area contributed by atoms with Crippen molar-refractivity contribution >= 4 is 21.4 Å². The van der Waals surface area contributed by atoms with Crippen LogP contribution in [0.4, 0.5) is 0 Å².